The van der Waals surface area contributed by atoms with Crippen LogP contribution in [-0.4, -0.2) is 10.1 Å². The van der Waals surface area contributed by atoms with Gasteiger partial charge in [-0.1, -0.05) is 34.1 Å². The number of rotatable bonds is 3. The van der Waals surface area contributed by atoms with Crippen molar-refractivity contribution in [3.8, 4) is 11.6 Å². The first kappa shape index (κ1) is 13.1. The fourth-order valence-electron chi connectivity index (χ4n) is 2.05. The highest BCUT2D eigenvalue weighted by atomic mass is 79.9. The van der Waals surface area contributed by atoms with Gasteiger partial charge in [-0.25, -0.2) is 4.98 Å². The lowest BCUT2D eigenvalue weighted by atomic mass is 10.1. The lowest BCUT2D eigenvalue weighted by Gasteiger charge is -2.10. The highest BCUT2D eigenvalue weighted by molar-refractivity contribution is 9.10. The summed E-state index contributed by atoms with van der Waals surface area (Å²) in [5, 5.41) is 11.2. The van der Waals surface area contributed by atoms with Crippen LogP contribution in [0.1, 0.15) is 5.56 Å². The van der Waals surface area contributed by atoms with Crippen LogP contribution >= 0.6 is 15.9 Å². The van der Waals surface area contributed by atoms with Gasteiger partial charge < -0.3 is 9.84 Å². The SMILES string of the molecule is OCc1cnc(Oc2ccc(Br)cc2)c2ccccc12. The molecule has 20 heavy (non-hydrogen) atoms. The monoisotopic (exact) mass is 329 g/mol. The molecule has 0 spiro atoms. The fourth-order valence-corrected chi connectivity index (χ4v) is 2.31. The largest absolute Gasteiger partial charge is 0.438 e. The Kier molecular flexibility index (Phi) is 3.67. The van der Waals surface area contributed by atoms with Crippen LogP contribution in [0.2, 0.25) is 0 Å². The first-order chi connectivity index (χ1) is 9.78. The van der Waals surface area contributed by atoms with Crippen molar-refractivity contribution in [2.45, 2.75) is 6.61 Å². The van der Waals surface area contributed by atoms with E-state index in [0.717, 1.165) is 26.6 Å². The molecular weight excluding hydrogens is 318 g/mol. The molecule has 0 aliphatic heterocycles. The van der Waals surface area contributed by atoms with Gasteiger partial charge in [0.2, 0.25) is 5.88 Å². The molecule has 0 radical (unpaired) electrons. The Hall–Kier alpha value is -1.91. The molecule has 1 heterocycles. The van der Waals surface area contributed by atoms with E-state index < -0.39 is 0 Å². The average Bonchev–Trinajstić information content (AvgIpc) is 2.50. The van der Waals surface area contributed by atoms with Crippen molar-refractivity contribution in [1.29, 1.82) is 0 Å². The first-order valence-corrected chi connectivity index (χ1v) is 6.98. The molecule has 3 nitrogen and oxygen atoms in total. The van der Waals surface area contributed by atoms with E-state index in [0.29, 0.717) is 5.88 Å². The van der Waals surface area contributed by atoms with Crippen molar-refractivity contribution in [2.24, 2.45) is 0 Å². The van der Waals surface area contributed by atoms with Gasteiger partial charge in [-0.05, 0) is 35.7 Å². The topological polar surface area (TPSA) is 42.4 Å². The highest BCUT2D eigenvalue weighted by Crippen LogP contribution is 2.30. The Bertz CT molecular complexity index is 741. The molecule has 0 saturated carbocycles. The Morgan fingerprint density at radius 3 is 2.40 bits per heavy atom. The van der Waals surface area contributed by atoms with Crippen molar-refractivity contribution >= 4 is 26.7 Å². The van der Waals surface area contributed by atoms with Crippen LogP contribution in [0.3, 0.4) is 0 Å². The van der Waals surface area contributed by atoms with E-state index >= 15 is 0 Å². The van der Waals surface area contributed by atoms with Gasteiger partial charge in [-0.15, -0.1) is 0 Å². The summed E-state index contributed by atoms with van der Waals surface area (Å²) in [6.45, 7) is -0.0356. The normalized spacial score (nSPS) is 10.7. The molecule has 3 aromatic rings. The quantitative estimate of drug-likeness (QED) is 0.779. The number of aromatic nitrogens is 1. The van der Waals surface area contributed by atoms with Crippen LogP contribution < -0.4 is 4.74 Å². The second kappa shape index (κ2) is 5.61. The lowest BCUT2D eigenvalue weighted by molar-refractivity contribution is 0.283. The molecular formula is C16H12BrNO2. The third kappa shape index (κ3) is 2.53. The Labute approximate surface area is 125 Å². The molecule has 1 N–H and O–H groups in total. The third-order valence-electron chi connectivity index (χ3n) is 3.04. The Morgan fingerprint density at radius 1 is 1.00 bits per heavy atom. The lowest BCUT2D eigenvalue weighted by Crippen LogP contribution is -1.93. The minimum Gasteiger partial charge on any atom is -0.438 e. The first-order valence-electron chi connectivity index (χ1n) is 6.19. The van der Waals surface area contributed by atoms with Crippen LogP contribution in [-0.2, 0) is 6.61 Å². The summed E-state index contributed by atoms with van der Waals surface area (Å²) in [5.74, 6) is 1.27. The molecule has 0 aliphatic carbocycles. The zero-order chi connectivity index (χ0) is 13.9. The highest BCUT2D eigenvalue weighted by Gasteiger charge is 2.08. The zero-order valence-electron chi connectivity index (χ0n) is 10.6. The van der Waals surface area contributed by atoms with Gasteiger partial charge in [0.25, 0.3) is 0 Å². The van der Waals surface area contributed by atoms with Crippen LogP contribution in [0.15, 0.2) is 59.2 Å². The molecule has 3 rings (SSSR count). The van der Waals surface area contributed by atoms with Gasteiger partial charge in [0, 0.05) is 21.6 Å². The summed E-state index contributed by atoms with van der Waals surface area (Å²) in [4.78, 5) is 4.30. The number of aliphatic hydroxyl groups excluding tert-OH is 1. The van der Waals surface area contributed by atoms with Gasteiger partial charge in [0.1, 0.15) is 5.75 Å². The Morgan fingerprint density at radius 2 is 1.70 bits per heavy atom. The minimum absolute atomic E-state index is 0.0356. The molecule has 0 atom stereocenters. The summed E-state index contributed by atoms with van der Waals surface area (Å²) in [7, 11) is 0. The van der Waals surface area contributed by atoms with E-state index in [4.69, 9.17) is 4.74 Å². The third-order valence-corrected chi connectivity index (χ3v) is 3.57. The summed E-state index contributed by atoms with van der Waals surface area (Å²) >= 11 is 3.39. The van der Waals surface area contributed by atoms with E-state index in [-0.39, 0.29) is 6.61 Å². The zero-order valence-corrected chi connectivity index (χ0v) is 12.2. The van der Waals surface area contributed by atoms with Gasteiger partial charge in [0.05, 0.1) is 6.61 Å². The maximum absolute atomic E-state index is 9.36. The molecule has 100 valence electrons. The van der Waals surface area contributed by atoms with Gasteiger partial charge in [-0.2, -0.15) is 0 Å². The number of nitrogens with zero attached hydrogens (tertiary/aromatic N) is 1. The molecule has 0 amide bonds. The fraction of sp³-hybridized carbons (Fsp3) is 0.0625. The molecule has 0 bridgehead atoms. The number of benzene rings is 2. The predicted octanol–water partition coefficient (Wildman–Crippen LogP) is 4.28. The average molecular weight is 330 g/mol. The van der Waals surface area contributed by atoms with Gasteiger partial charge in [-0.3, -0.25) is 0 Å². The molecule has 0 unspecified atom stereocenters. The number of aliphatic hydroxyl groups is 1. The number of hydrogen-bond donors (Lipinski definition) is 1. The predicted molar refractivity (Wildman–Crippen MR) is 81.9 cm³/mol. The summed E-state index contributed by atoms with van der Waals surface area (Å²) < 4.78 is 6.83. The van der Waals surface area contributed by atoms with Crippen molar-refractivity contribution in [3.05, 3.63) is 64.8 Å². The molecule has 1 aromatic heterocycles. The number of pyridine rings is 1. The van der Waals surface area contributed by atoms with E-state index in [2.05, 4.69) is 20.9 Å². The van der Waals surface area contributed by atoms with Crippen LogP contribution in [0, 0.1) is 0 Å². The minimum atomic E-state index is -0.0356. The van der Waals surface area contributed by atoms with Crippen molar-refractivity contribution in [1.82, 2.24) is 4.98 Å². The standard InChI is InChI=1S/C16H12BrNO2/c17-12-5-7-13(8-6-12)20-16-15-4-2-1-3-14(15)11(10-19)9-18-16/h1-9,19H,10H2. The van der Waals surface area contributed by atoms with Crippen LogP contribution in [0.5, 0.6) is 11.6 Å². The molecule has 0 saturated heterocycles. The van der Waals surface area contributed by atoms with Crippen LogP contribution in [0.4, 0.5) is 0 Å². The number of fused-ring (bicyclic) bond motifs is 1. The van der Waals surface area contributed by atoms with E-state index in [9.17, 15) is 5.11 Å². The second-order valence-corrected chi connectivity index (χ2v) is 5.26. The summed E-state index contributed by atoms with van der Waals surface area (Å²) in [6, 6.07) is 15.3. The second-order valence-electron chi connectivity index (χ2n) is 4.35. The maximum Gasteiger partial charge on any atom is 0.227 e. The number of ether oxygens (including phenoxy) is 1. The number of halogens is 1. The molecule has 2 aromatic carbocycles. The van der Waals surface area contributed by atoms with Crippen molar-refractivity contribution in [2.75, 3.05) is 0 Å². The summed E-state index contributed by atoms with van der Waals surface area (Å²) in [6.07, 6.45) is 1.65. The molecule has 0 aliphatic rings. The van der Waals surface area contributed by atoms with Gasteiger partial charge >= 0.3 is 0 Å². The number of hydrogen-bond acceptors (Lipinski definition) is 3. The maximum atomic E-state index is 9.36. The van der Waals surface area contributed by atoms with Crippen molar-refractivity contribution < 1.29 is 9.84 Å². The van der Waals surface area contributed by atoms with E-state index in [1.54, 1.807) is 6.20 Å². The smallest absolute Gasteiger partial charge is 0.227 e. The van der Waals surface area contributed by atoms with Crippen LogP contribution in [0.25, 0.3) is 10.8 Å². The Balaban J connectivity index is 2.06. The van der Waals surface area contributed by atoms with Crippen molar-refractivity contribution in [3.63, 3.8) is 0 Å². The molecule has 4 heteroatoms. The van der Waals surface area contributed by atoms with E-state index in [1.165, 1.54) is 0 Å². The summed E-state index contributed by atoms with van der Waals surface area (Å²) in [5.41, 5.74) is 0.795. The molecule has 0 fully saturated rings. The van der Waals surface area contributed by atoms with E-state index in [1.807, 2.05) is 48.5 Å². The van der Waals surface area contributed by atoms with Gasteiger partial charge in [0.15, 0.2) is 0 Å².